The Morgan fingerprint density at radius 1 is 1.08 bits per heavy atom. The van der Waals surface area contributed by atoms with Crippen molar-refractivity contribution in [2.75, 3.05) is 5.75 Å². The van der Waals surface area contributed by atoms with Gasteiger partial charge in [0, 0.05) is 27.6 Å². The fourth-order valence-corrected chi connectivity index (χ4v) is 7.46. The number of carbonyl (C=O) groups excluding carboxylic acids is 1. The Morgan fingerprint density at radius 2 is 1.86 bits per heavy atom. The van der Waals surface area contributed by atoms with E-state index in [0.29, 0.717) is 22.3 Å². The Balaban J connectivity index is 1.40. The van der Waals surface area contributed by atoms with E-state index in [1.54, 1.807) is 47.4 Å². The van der Waals surface area contributed by atoms with Crippen molar-refractivity contribution in [3.05, 3.63) is 81.2 Å². The molecule has 0 bridgehead atoms. The molecule has 0 saturated carbocycles. The molecule has 37 heavy (non-hydrogen) atoms. The lowest BCUT2D eigenvalue weighted by Crippen LogP contribution is -2.31. The SMILES string of the molecule is CC1(C)Cc2c(sc3nc(SCc4ccccc4)n4c(SCC(=O)c5ccc(Cl)cc5)nnc4c23)CO1. The summed E-state index contributed by atoms with van der Waals surface area (Å²) in [4.78, 5) is 20.1. The molecule has 0 aliphatic carbocycles. The predicted octanol–water partition coefficient (Wildman–Crippen LogP) is 7.11. The molecule has 0 amide bonds. The second-order valence-electron chi connectivity index (χ2n) is 9.44. The van der Waals surface area contributed by atoms with Crippen LogP contribution in [0, 0.1) is 0 Å². The maximum Gasteiger partial charge on any atom is 0.198 e. The van der Waals surface area contributed by atoms with Crippen molar-refractivity contribution in [1.82, 2.24) is 19.6 Å². The number of ether oxygens (including phenoxy) is 1. The van der Waals surface area contributed by atoms with Crippen molar-refractivity contribution in [2.24, 2.45) is 0 Å². The number of hydrogen-bond acceptors (Lipinski definition) is 8. The summed E-state index contributed by atoms with van der Waals surface area (Å²) < 4.78 is 8.09. The van der Waals surface area contributed by atoms with Crippen LogP contribution in [0.5, 0.6) is 0 Å². The molecule has 0 unspecified atom stereocenters. The second-order valence-corrected chi connectivity index (χ2v) is 12.8. The third-order valence-electron chi connectivity index (χ3n) is 6.22. The Labute approximate surface area is 231 Å². The Bertz CT molecular complexity index is 1610. The van der Waals surface area contributed by atoms with Gasteiger partial charge in [0.25, 0.3) is 0 Å². The van der Waals surface area contributed by atoms with Crippen LogP contribution >= 0.6 is 46.5 Å². The summed E-state index contributed by atoms with van der Waals surface area (Å²) in [7, 11) is 0. The number of carbonyl (C=O) groups is 1. The topological polar surface area (TPSA) is 69.4 Å². The maximum atomic E-state index is 12.9. The summed E-state index contributed by atoms with van der Waals surface area (Å²) in [6.45, 7) is 4.80. The molecule has 10 heteroatoms. The number of aromatic nitrogens is 4. The number of rotatable bonds is 7. The Kier molecular flexibility index (Phi) is 6.75. The highest BCUT2D eigenvalue weighted by Gasteiger charge is 2.31. The Hall–Kier alpha value is -2.43. The van der Waals surface area contributed by atoms with Gasteiger partial charge in [-0.2, -0.15) is 0 Å². The molecule has 0 N–H and O–H groups in total. The molecule has 1 aliphatic rings. The molecule has 0 spiro atoms. The molecule has 0 saturated heterocycles. The van der Waals surface area contributed by atoms with Crippen molar-refractivity contribution in [1.29, 1.82) is 0 Å². The lowest BCUT2D eigenvalue weighted by Gasteiger charge is -2.30. The van der Waals surface area contributed by atoms with Crippen LogP contribution in [0.4, 0.5) is 0 Å². The van der Waals surface area contributed by atoms with Crippen molar-refractivity contribution < 1.29 is 9.53 Å². The van der Waals surface area contributed by atoms with Crippen LogP contribution < -0.4 is 0 Å². The maximum absolute atomic E-state index is 12.9. The van der Waals surface area contributed by atoms with E-state index in [4.69, 9.17) is 21.3 Å². The minimum Gasteiger partial charge on any atom is -0.370 e. The highest BCUT2D eigenvalue weighted by Crippen LogP contribution is 2.41. The molecular weight excluding hydrogens is 544 g/mol. The van der Waals surface area contributed by atoms with Crippen LogP contribution in [-0.4, -0.2) is 36.7 Å². The first kappa shape index (κ1) is 24.9. The number of Topliss-reactive ketones (excluding diaryl/α,β-unsaturated/α-hetero) is 1. The van der Waals surface area contributed by atoms with Gasteiger partial charge in [-0.25, -0.2) is 9.38 Å². The van der Waals surface area contributed by atoms with Crippen LogP contribution in [0.2, 0.25) is 5.02 Å². The van der Waals surface area contributed by atoms with Gasteiger partial charge >= 0.3 is 0 Å². The van der Waals surface area contributed by atoms with E-state index in [0.717, 1.165) is 33.2 Å². The van der Waals surface area contributed by atoms with Crippen LogP contribution in [0.15, 0.2) is 64.9 Å². The summed E-state index contributed by atoms with van der Waals surface area (Å²) in [5.74, 6) is 1.02. The first-order valence-electron chi connectivity index (χ1n) is 11.8. The zero-order valence-electron chi connectivity index (χ0n) is 20.2. The molecule has 4 heterocycles. The molecule has 2 aromatic carbocycles. The van der Waals surface area contributed by atoms with E-state index < -0.39 is 0 Å². The molecule has 6 nitrogen and oxygen atoms in total. The zero-order valence-corrected chi connectivity index (χ0v) is 23.4. The van der Waals surface area contributed by atoms with Gasteiger partial charge in [0.2, 0.25) is 0 Å². The predicted molar refractivity (Wildman–Crippen MR) is 151 cm³/mol. The molecule has 6 rings (SSSR count). The van der Waals surface area contributed by atoms with Gasteiger partial charge in [-0.3, -0.25) is 4.79 Å². The summed E-state index contributed by atoms with van der Waals surface area (Å²) >= 11 is 10.7. The molecule has 0 fully saturated rings. The third kappa shape index (κ3) is 5.03. The monoisotopic (exact) mass is 566 g/mol. The summed E-state index contributed by atoms with van der Waals surface area (Å²) in [6.07, 6.45) is 0.792. The molecule has 5 aromatic rings. The van der Waals surface area contributed by atoms with Gasteiger partial charge in [0.05, 0.1) is 23.3 Å². The van der Waals surface area contributed by atoms with E-state index in [-0.39, 0.29) is 17.1 Å². The largest absolute Gasteiger partial charge is 0.370 e. The van der Waals surface area contributed by atoms with Gasteiger partial charge in [0.1, 0.15) is 4.83 Å². The normalized spacial score (nSPS) is 14.8. The highest BCUT2D eigenvalue weighted by atomic mass is 35.5. The standard InChI is InChI=1S/C27H23ClN4O2S3/c1-27(2)12-19-21(13-34-27)37-24-22(19)23-30-31-26(36-15-20(33)17-8-10-18(28)11-9-17)32(23)25(29-24)35-14-16-6-4-3-5-7-16/h3-11H,12-15H2,1-2H3. The molecule has 0 radical (unpaired) electrons. The highest BCUT2D eigenvalue weighted by molar-refractivity contribution is 8.00. The molecule has 188 valence electrons. The van der Waals surface area contributed by atoms with Crippen molar-refractivity contribution >= 4 is 68.1 Å². The molecular formula is C27H23ClN4O2S3. The minimum atomic E-state index is -0.249. The summed E-state index contributed by atoms with van der Waals surface area (Å²) in [6, 6.07) is 17.3. The number of hydrogen-bond donors (Lipinski definition) is 0. The number of thiophene rings is 1. The Morgan fingerprint density at radius 3 is 2.65 bits per heavy atom. The van der Waals surface area contributed by atoms with E-state index in [9.17, 15) is 4.79 Å². The van der Waals surface area contributed by atoms with Crippen molar-refractivity contribution in [3.63, 3.8) is 0 Å². The first-order chi connectivity index (χ1) is 17.9. The average molecular weight is 567 g/mol. The van der Waals surface area contributed by atoms with Gasteiger partial charge < -0.3 is 4.74 Å². The van der Waals surface area contributed by atoms with E-state index >= 15 is 0 Å². The average Bonchev–Trinajstić information content (AvgIpc) is 3.47. The number of fused-ring (bicyclic) bond motifs is 5. The molecule has 0 atom stereocenters. The lowest BCUT2D eigenvalue weighted by molar-refractivity contribution is -0.0379. The quantitative estimate of drug-likeness (QED) is 0.118. The summed E-state index contributed by atoms with van der Waals surface area (Å²) in [5.41, 5.74) is 3.62. The first-order valence-corrected chi connectivity index (χ1v) is 15.0. The van der Waals surface area contributed by atoms with Gasteiger partial charge in [0.15, 0.2) is 21.7 Å². The lowest BCUT2D eigenvalue weighted by atomic mass is 9.94. The van der Waals surface area contributed by atoms with Gasteiger partial charge in [-0.1, -0.05) is 65.5 Å². The fourth-order valence-electron chi connectivity index (χ4n) is 4.35. The van der Waals surface area contributed by atoms with Crippen LogP contribution in [0.25, 0.3) is 15.9 Å². The molecule has 1 aliphatic heterocycles. The van der Waals surface area contributed by atoms with Crippen LogP contribution in [0.3, 0.4) is 0 Å². The number of ketones is 1. The van der Waals surface area contributed by atoms with Crippen molar-refractivity contribution in [2.45, 2.75) is 48.5 Å². The molecule has 3 aromatic heterocycles. The number of nitrogens with zero attached hydrogens (tertiary/aromatic N) is 4. The van der Waals surface area contributed by atoms with Crippen molar-refractivity contribution in [3.8, 4) is 0 Å². The number of halogens is 1. The van der Waals surface area contributed by atoms with E-state index in [1.165, 1.54) is 27.8 Å². The zero-order chi connectivity index (χ0) is 25.6. The van der Waals surface area contributed by atoms with Gasteiger partial charge in [-0.15, -0.1) is 21.5 Å². The summed E-state index contributed by atoms with van der Waals surface area (Å²) in [5, 5.41) is 12.3. The minimum absolute atomic E-state index is 0.0118. The number of thioether (sulfide) groups is 2. The fraction of sp³-hybridized carbons (Fsp3) is 0.259. The van der Waals surface area contributed by atoms with Crippen LogP contribution in [-0.2, 0) is 23.5 Å². The number of benzene rings is 2. The smallest absolute Gasteiger partial charge is 0.198 e. The van der Waals surface area contributed by atoms with Crippen LogP contribution in [0.1, 0.15) is 40.2 Å². The van der Waals surface area contributed by atoms with Gasteiger partial charge in [-0.05, 0) is 49.2 Å². The second kappa shape index (κ2) is 10.0. The van der Waals surface area contributed by atoms with E-state index in [2.05, 4.69) is 36.2 Å². The third-order valence-corrected chi connectivity index (χ3v) is 9.51. The van der Waals surface area contributed by atoms with E-state index in [1.807, 2.05) is 22.6 Å².